The molecule has 0 aliphatic rings. The van der Waals surface area contributed by atoms with Crippen molar-refractivity contribution in [1.82, 2.24) is 4.98 Å². The average molecular weight is 359 g/mol. The number of pyridine rings is 1. The Morgan fingerprint density at radius 3 is 2.52 bits per heavy atom. The summed E-state index contributed by atoms with van der Waals surface area (Å²) in [5.41, 5.74) is 3.52. The van der Waals surface area contributed by atoms with Crippen LogP contribution in [0, 0.1) is 0 Å². The van der Waals surface area contributed by atoms with Crippen molar-refractivity contribution in [1.29, 1.82) is 0 Å². The van der Waals surface area contributed by atoms with Crippen LogP contribution in [0.3, 0.4) is 0 Å². The van der Waals surface area contributed by atoms with Crippen LogP contribution in [-0.2, 0) is 6.54 Å². The Morgan fingerprint density at radius 2 is 1.78 bits per heavy atom. The molecule has 0 unspecified atom stereocenters. The highest BCUT2D eigenvalue weighted by Crippen LogP contribution is 2.17. The number of benzene rings is 2. The lowest BCUT2D eigenvalue weighted by molar-refractivity contribution is 0.100. The zero-order chi connectivity index (χ0) is 19.2. The highest BCUT2D eigenvalue weighted by molar-refractivity contribution is 6.04. The van der Waals surface area contributed by atoms with Crippen LogP contribution in [0.2, 0.25) is 0 Å². The molecule has 0 atom stereocenters. The van der Waals surface area contributed by atoms with Crippen LogP contribution in [0.1, 0.15) is 33.3 Å². The van der Waals surface area contributed by atoms with Crippen LogP contribution < -0.4 is 10.2 Å². The Morgan fingerprint density at radius 1 is 1.00 bits per heavy atom. The van der Waals surface area contributed by atoms with E-state index in [2.05, 4.69) is 27.3 Å². The van der Waals surface area contributed by atoms with Gasteiger partial charge in [-0.05, 0) is 36.8 Å². The number of hydrogen-bond acceptors (Lipinski definition) is 4. The van der Waals surface area contributed by atoms with Crippen molar-refractivity contribution >= 4 is 23.1 Å². The standard InChI is InChI=1S/C22H21N3O2/c1-16(26)18-9-6-10-19(13-18)24-22(27)21-14-20(11-12-23-21)25(2)15-17-7-4-3-5-8-17/h3-14H,15H2,1-2H3,(H,24,27). The summed E-state index contributed by atoms with van der Waals surface area (Å²) >= 11 is 0. The van der Waals surface area contributed by atoms with Gasteiger partial charge < -0.3 is 10.2 Å². The van der Waals surface area contributed by atoms with Gasteiger partial charge in [0, 0.05) is 36.7 Å². The van der Waals surface area contributed by atoms with E-state index in [1.807, 2.05) is 31.3 Å². The van der Waals surface area contributed by atoms with Crippen molar-refractivity contribution < 1.29 is 9.59 Å². The molecular weight excluding hydrogens is 338 g/mol. The summed E-state index contributed by atoms with van der Waals surface area (Å²) in [6.07, 6.45) is 1.62. The Bertz CT molecular complexity index is 955. The van der Waals surface area contributed by atoms with Crippen LogP contribution in [0.4, 0.5) is 11.4 Å². The molecule has 27 heavy (non-hydrogen) atoms. The summed E-state index contributed by atoms with van der Waals surface area (Å²) in [5.74, 6) is -0.362. The van der Waals surface area contributed by atoms with Crippen molar-refractivity contribution in [2.75, 3.05) is 17.3 Å². The molecule has 0 aliphatic heterocycles. The van der Waals surface area contributed by atoms with Crippen molar-refractivity contribution in [3.8, 4) is 0 Å². The van der Waals surface area contributed by atoms with Crippen LogP contribution in [-0.4, -0.2) is 23.7 Å². The van der Waals surface area contributed by atoms with Crippen molar-refractivity contribution in [3.63, 3.8) is 0 Å². The molecule has 0 radical (unpaired) electrons. The van der Waals surface area contributed by atoms with Gasteiger partial charge in [0.1, 0.15) is 5.69 Å². The fourth-order valence-corrected chi connectivity index (χ4v) is 2.74. The number of nitrogens with zero attached hydrogens (tertiary/aromatic N) is 2. The first kappa shape index (κ1) is 18.3. The van der Waals surface area contributed by atoms with E-state index in [4.69, 9.17) is 0 Å². The first-order valence-electron chi connectivity index (χ1n) is 8.66. The monoisotopic (exact) mass is 359 g/mol. The molecule has 3 rings (SSSR count). The second-order valence-electron chi connectivity index (χ2n) is 6.33. The minimum atomic E-state index is -0.314. The number of rotatable bonds is 6. The van der Waals surface area contributed by atoms with Gasteiger partial charge in [-0.25, -0.2) is 0 Å². The summed E-state index contributed by atoms with van der Waals surface area (Å²) in [6, 6.07) is 20.6. The minimum Gasteiger partial charge on any atom is -0.370 e. The predicted molar refractivity (Wildman–Crippen MR) is 107 cm³/mol. The third-order valence-corrected chi connectivity index (χ3v) is 4.21. The summed E-state index contributed by atoms with van der Waals surface area (Å²) in [6.45, 7) is 2.22. The van der Waals surface area contributed by atoms with E-state index in [9.17, 15) is 9.59 Å². The van der Waals surface area contributed by atoms with Gasteiger partial charge >= 0.3 is 0 Å². The first-order valence-corrected chi connectivity index (χ1v) is 8.66. The number of carbonyl (C=O) groups is 2. The topological polar surface area (TPSA) is 62.3 Å². The molecule has 0 bridgehead atoms. The van der Waals surface area contributed by atoms with Gasteiger partial charge in [-0.3, -0.25) is 14.6 Å². The fraction of sp³-hybridized carbons (Fsp3) is 0.136. The molecule has 0 fully saturated rings. The fourth-order valence-electron chi connectivity index (χ4n) is 2.74. The van der Waals surface area contributed by atoms with Gasteiger partial charge in [-0.1, -0.05) is 42.5 Å². The molecule has 0 saturated heterocycles. The molecule has 5 nitrogen and oxygen atoms in total. The largest absolute Gasteiger partial charge is 0.370 e. The second kappa shape index (κ2) is 8.27. The van der Waals surface area contributed by atoms with Crippen LogP contribution >= 0.6 is 0 Å². The van der Waals surface area contributed by atoms with Crippen molar-refractivity contribution in [2.45, 2.75) is 13.5 Å². The number of anilines is 2. The lowest BCUT2D eigenvalue weighted by Gasteiger charge is -2.19. The maximum Gasteiger partial charge on any atom is 0.274 e. The zero-order valence-corrected chi connectivity index (χ0v) is 15.3. The van der Waals surface area contributed by atoms with Gasteiger partial charge in [-0.15, -0.1) is 0 Å². The maximum absolute atomic E-state index is 12.6. The van der Waals surface area contributed by atoms with E-state index >= 15 is 0 Å². The summed E-state index contributed by atoms with van der Waals surface area (Å²) < 4.78 is 0. The maximum atomic E-state index is 12.6. The molecule has 0 aliphatic carbocycles. The van der Waals surface area contributed by atoms with Gasteiger partial charge in [0.15, 0.2) is 5.78 Å². The Kier molecular flexibility index (Phi) is 5.61. The number of Topliss-reactive ketones (excluding diaryl/α,β-unsaturated/α-hetero) is 1. The molecule has 1 N–H and O–H groups in total. The SMILES string of the molecule is CC(=O)c1cccc(NC(=O)c2cc(N(C)Cc3ccccc3)ccn2)c1. The third-order valence-electron chi connectivity index (χ3n) is 4.21. The molecular formula is C22H21N3O2. The Labute approximate surface area is 158 Å². The Hall–Kier alpha value is -3.47. The summed E-state index contributed by atoms with van der Waals surface area (Å²) in [4.78, 5) is 30.3. The summed E-state index contributed by atoms with van der Waals surface area (Å²) in [7, 11) is 1.97. The summed E-state index contributed by atoms with van der Waals surface area (Å²) in [5, 5.41) is 2.80. The zero-order valence-electron chi connectivity index (χ0n) is 15.3. The molecule has 0 spiro atoms. The normalized spacial score (nSPS) is 10.3. The van der Waals surface area contributed by atoms with E-state index in [0.29, 0.717) is 16.9 Å². The molecule has 1 amide bonds. The van der Waals surface area contributed by atoms with E-state index in [1.54, 1.807) is 36.5 Å². The van der Waals surface area contributed by atoms with E-state index in [-0.39, 0.29) is 11.7 Å². The average Bonchev–Trinajstić information content (AvgIpc) is 2.69. The van der Waals surface area contributed by atoms with Crippen LogP contribution in [0.15, 0.2) is 72.9 Å². The first-order chi connectivity index (χ1) is 13.0. The lowest BCUT2D eigenvalue weighted by Crippen LogP contribution is -2.19. The van der Waals surface area contributed by atoms with E-state index < -0.39 is 0 Å². The molecule has 1 aromatic heterocycles. The van der Waals surface area contributed by atoms with Crippen LogP contribution in [0.25, 0.3) is 0 Å². The number of aromatic nitrogens is 1. The highest BCUT2D eigenvalue weighted by atomic mass is 16.2. The molecule has 5 heteroatoms. The Balaban J connectivity index is 1.73. The number of ketones is 1. The molecule has 3 aromatic rings. The minimum absolute atomic E-state index is 0.0474. The van der Waals surface area contributed by atoms with Gasteiger partial charge in [-0.2, -0.15) is 0 Å². The smallest absolute Gasteiger partial charge is 0.274 e. The molecule has 0 saturated carbocycles. The number of carbonyl (C=O) groups excluding carboxylic acids is 2. The quantitative estimate of drug-likeness (QED) is 0.671. The number of nitrogens with one attached hydrogen (secondary N) is 1. The van der Waals surface area contributed by atoms with Crippen LogP contribution in [0.5, 0.6) is 0 Å². The van der Waals surface area contributed by atoms with Crippen molar-refractivity contribution in [2.24, 2.45) is 0 Å². The van der Waals surface area contributed by atoms with Gasteiger partial charge in [0.05, 0.1) is 0 Å². The van der Waals surface area contributed by atoms with Gasteiger partial charge in [0.2, 0.25) is 0 Å². The molecule has 136 valence electrons. The van der Waals surface area contributed by atoms with E-state index in [1.165, 1.54) is 12.5 Å². The predicted octanol–water partition coefficient (Wildman–Crippen LogP) is 4.17. The number of hydrogen-bond donors (Lipinski definition) is 1. The third kappa shape index (κ3) is 4.79. The molecule has 2 aromatic carbocycles. The second-order valence-corrected chi connectivity index (χ2v) is 6.33. The van der Waals surface area contributed by atoms with Gasteiger partial charge in [0.25, 0.3) is 5.91 Å². The van der Waals surface area contributed by atoms with Crippen molar-refractivity contribution in [3.05, 3.63) is 89.7 Å². The highest BCUT2D eigenvalue weighted by Gasteiger charge is 2.11. The number of amides is 1. The van der Waals surface area contributed by atoms with E-state index in [0.717, 1.165) is 12.2 Å². The lowest BCUT2D eigenvalue weighted by atomic mass is 10.1. The molecule has 1 heterocycles.